The van der Waals surface area contributed by atoms with Crippen LogP contribution in [-0.4, -0.2) is 51.1 Å². The van der Waals surface area contributed by atoms with E-state index in [0.29, 0.717) is 35.4 Å². The molecule has 4 aromatic rings. The Morgan fingerprint density at radius 1 is 0.763 bits per heavy atom. The van der Waals surface area contributed by atoms with Crippen molar-refractivity contribution in [3.63, 3.8) is 0 Å². The number of phenolic OH excluding ortho intramolecular Hbond substituents is 1. The van der Waals surface area contributed by atoms with Crippen LogP contribution in [0.5, 0.6) is 11.5 Å². The molecule has 1 aromatic heterocycles. The summed E-state index contributed by atoms with van der Waals surface area (Å²) in [6.45, 7) is 9.07. The van der Waals surface area contributed by atoms with Crippen LogP contribution in [0.4, 0.5) is 0 Å². The zero-order chi connectivity index (χ0) is 27.1. The number of aryl methyl sites for hydroxylation is 3. The molecule has 0 radical (unpaired) electrons. The van der Waals surface area contributed by atoms with Crippen LogP contribution in [0.25, 0.3) is 34.2 Å². The second-order valence-electron chi connectivity index (χ2n) is 9.51. The summed E-state index contributed by atoms with van der Waals surface area (Å²) in [6, 6.07) is 19.0. The fourth-order valence-corrected chi connectivity index (χ4v) is 4.12. The number of aromatic nitrogens is 3. The monoisotopic (exact) mass is 513 g/mol. The molecule has 2 N–H and O–H groups in total. The highest BCUT2D eigenvalue weighted by molar-refractivity contribution is 5.72. The molecule has 4 rings (SSSR count). The highest BCUT2D eigenvalue weighted by Crippen LogP contribution is 2.33. The number of aliphatic hydroxyl groups is 1. The van der Waals surface area contributed by atoms with Crippen LogP contribution >= 0.6 is 0 Å². The van der Waals surface area contributed by atoms with Gasteiger partial charge in [0, 0.05) is 23.8 Å². The molecule has 1 atom stereocenters. The van der Waals surface area contributed by atoms with Crippen molar-refractivity contribution in [1.29, 1.82) is 0 Å². The number of hydrogen-bond donors (Lipinski definition) is 2. The first kappa shape index (κ1) is 27.2. The molecule has 198 valence electrons. The van der Waals surface area contributed by atoms with E-state index in [1.807, 2.05) is 50.2 Å². The van der Waals surface area contributed by atoms with Gasteiger partial charge in [0.25, 0.3) is 0 Å². The molecular formula is C31H35N3O4. The van der Waals surface area contributed by atoms with Gasteiger partial charge in [0.05, 0.1) is 12.2 Å². The van der Waals surface area contributed by atoms with Crippen molar-refractivity contribution in [2.45, 2.75) is 46.6 Å². The average Bonchev–Trinajstić information content (AvgIpc) is 2.90. The summed E-state index contributed by atoms with van der Waals surface area (Å²) in [5, 5.41) is 21.0. The summed E-state index contributed by atoms with van der Waals surface area (Å²) in [7, 11) is 0. The number of ether oxygens (including phenoxy) is 2. The first-order valence-electron chi connectivity index (χ1n) is 13.0. The van der Waals surface area contributed by atoms with Crippen molar-refractivity contribution in [1.82, 2.24) is 15.0 Å². The maximum absolute atomic E-state index is 10.9. The predicted octanol–water partition coefficient (Wildman–Crippen LogP) is 6.06. The number of rotatable bonds is 11. The van der Waals surface area contributed by atoms with Gasteiger partial charge in [-0.15, -0.1) is 0 Å². The lowest BCUT2D eigenvalue weighted by Gasteiger charge is -2.14. The molecule has 7 heteroatoms. The fourth-order valence-electron chi connectivity index (χ4n) is 4.12. The van der Waals surface area contributed by atoms with Gasteiger partial charge in [-0.1, -0.05) is 61.4 Å². The van der Waals surface area contributed by atoms with E-state index in [1.165, 1.54) is 6.07 Å². The molecule has 38 heavy (non-hydrogen) atoms. The maximum Gasteiger partial charge on any atom is 0.167 e. The zero-order valence-corrected chi connectivity index (χ0v) is 22.4. The lowest BCUT2D eigenvalue weighted by Crippen LogP contribution is -2.23. The van der Waals surface area contributed by atoms with Crippen LogP contribution in [0.1, 0.15) is 36.5 Å². The minimum atomic E-state index is -0.755. The Morgan fingerprint density at radius 2 is 1.42 bits per heavy atom. The number of aliphatic hydroxyl groups excluding tert-OH is 1. The number of phenols is 1. The molecule has 0 aliphatic heterocycles. The minimum absolute atomic E-state index is 0.0234. The number of nitrogens with zero attached hydrogens (tertiary/aromatic N) is 3. The first-order chi connectivity index (χ1) is 18.4. The van der Waals surface area contributed by atoms with Crippen molar-refractivity contribution in [3.05, 3.63) is 77.4 Å². The van der Waals surface area contributed by atoms with Gasteiger partial charge < -0.3 is 19.7 Å². The third-order valence-electron chi connectivity index (χ3n) is 6.25. The van der Waals surface area contributed by atoms with Gasteiger partial charge in [0.1, 0.15) is 24.2 Å². The van der Waals surface area contributed by atoms with E-state index >= 15 is 0 Å². The van der Waals surface area contributed by atoms with Crippen molar-refractivity contribution in [2.75, 3.05) is 19.8 Å². The van der Waals surface area contributed by atoms with E-state index in [0.717, 1.165) is 40.7 Å². The number of aromatic hydroxyl groups is 1. The SMILES string of the molecule is CCCCOCC(O)COc1ccc(-c2nc(-c3ccccc3C)nc(-c3ccc(C)cc3C)n2)c(O)c1. The van der Waals surface area contributed by atoms with Crippen LogP contribution in [0, 0.1) is 20.8 Å². The van der Waals surface area contributed by atoms with Crippen LogP contribution in [0.15, 0.2) is 60.7 Å². The Bertz CT molecular complexity index is 1390. The zero-order valence-electron chi connectivity index (χ0n) is 22.4. The van der Waals surface area contributed by atoms with Crippen LogP contribution in [0.2, 0.25) is 0 Å². The van der Waals surface area contributed by atoms with E-state index in [1.54, 1.807) is 12.1 Å². The number of benzene rings is 3. The van der Waals surface area contributed by atoms with Crippen LogP contribution in [-0.2, 0) is 4.74 Å². The van der Waals surface area contributed by atoms with Gasteiger partial charge in [-0.2, -0.15) is 0 Å². The lowest BCUT2D eigenvalue weighted by atomic mass is 10.0. The van der Waals surface area contributed by atoms with E-state index in [-0.39, 0.29) is 19.0 Å². The molecule has 1 unspecified atom stereocenters. The van der Waals surface area contributed by atoms with Gasteiger partial charge in [0.2, 0.25) is 0 Å². The summed E-state index contributed by atoms with van der Waals surface area (Å²) in [4.78, 5) is 14.3. The molecule has 7 nitrogen and oxygen atoms in total. The minimum Gasteiger partial charge on any atom is -0.507 e. The normalized spacial score (nSPS) is 11.9. The van der Waals surface area contributed by atoms with E-state index in [2.05, 4.69) is 19.9 Å². The molecule has 0 saturated heterocycles. The topological polar surface area (TPSA) is 97.6 Å². The van der Waals surface area contributed by atoms with Gasteiger partial charge in [-0.25, -0.2) is 15.0 Å². The van der Waals surface area contributed by atoms with Gasteiger partial charge >= 0.3 is 0 Å². The molecule has 3 aromatic carbocycles. The van der Waals surface area contributed by atoms with Gasteiger partial charge in [-0.05, 0) is 50.5 Å². The fraction of sp³-hybridized carbons (Fsp3) is 0.323. The highest BCUT2D eigenvalue weighted by Gasteiger charge is 2.17. The van der Waals surface area contributed by atoms with E-state index < -0.39 is 6.10 Å². The third-order valence-corrected chi connectivity index (χ3v) is 6.25. The van der Waals surface area contributed by atoms with Crippen LogP contribution in [0.3, 0.4) is 0 Å². The molecule has 0 bridgehead atoms. The maximum atomic E-state index is 10.9. The summed E-state index contributed by atoms with van der Waals surface area (Å²) >= 11 is 0. The average molecular weight is 514 g/mol. The summed E-state index contributed by atoms with van der Waals surface area (Å²) in [5.41, 5.74) is 5.53. The molecule has 0 saturated carbocycles. The quantitative estimate of drug-likeness (QED) is 0.235. The van der Waals surface area contributed by atoms with Crippen LogP contribution < -0.4 is 4.74 Å². The Labute approximate surface area is 224 Å². The van der Waals surface area contributed by atoms with E-state index in [4.69, 9.17) is 24.4 Å². The molecule has 0 aliphatic carbocycles. The molecule has 1 heterocycles. The lowest BCUT2D eigenvalue weighted by molar-refractivity contribution is 0.0113. The largest absolute Gasteiger partial charge is 0.507 e. The number of unbranched alkanes of at least 4 members (excludes halogenated alkanes) is 1. The van der Waals surface area contributed by atoms with Gasteiger partial charge in [-0.3, -0.25) is 0 Å². The van der Waals surface area contributed by atoms with Crippen molar-refractivity contribution in [2.24, 2.45) is 0 Å². The summed E-state index contributed by atoms with van der Waals surface area (Å²) in [5.74, 6) is 1.85. The standard InChI is InChI=1S/C31H35N3O4/c1-5-6-15-37-18-23(35)19-38-24-12-14-27(28(36)17-24)31-33-29(25-10-8-7-9-21(25)3)32-30(34-31)26-13-11-20(2)16-22(26)4/h7-14,16-17,23,35-36H,5-6,15,18-19H2,1-4H3. The second-order valence-corrected chi connectivity index (χ2v) is 9.51. The summed E-state index contributed by atoms with van der Waals surface area (Å²) < 4.78 is 11.1. The molecule has 0 fully saturated rings. The van der Waals surface area contributed by atoms with Gasteiger partial charge in [0.15, 0.2) is 17.5 Å². The smallest absolute Gasteiger partial charge is 0.167 e. The summed E-state index contributed by atoms with van der Waals surface area (Å²) in [6.07, 6.45) is 1.24. The molecule has 0 aliphatic rings. The van der Waals surface area contributed by atoms with Crippen molar-refractivity contribution in [3.8, 4) is 45.7 Å². The van der Waals surface area contributed by atoms with E-state index in [9.17, 15) is 10.2 Å². The first-order valence-corrected chi connectivity index (χ1v) is 13.0. The van der Waals surface area contributed by atoms with Crippen molar-refractivity contribution >= 4 is 0 Å². The molecule has 0 amide bonds. The molecule has 0 spiro atoms. The Kier molecular flexibility index (Phi) is 9.05. The third kappa shape index (κ3) is 6.73. The van der Waals surface area contributed by atoms with Crippen molar-refractivity contribution < 1.29 is 19.7 Å². The Hall–Kier alpha value is -3.81. The Balaban J connectivity index is 1.64. The highest BCUT2D eigenvalue weighted by atomic mass is 16.5. The molecular weight excluding hydrogens is 478 g/mol. The second kappa shape index (κ2) is 12.6. The Morgan fingerprint density at radius 3 is 2.08 bits per heavy atom. The number of hydrogen-bond acceptors (Lipinski definition) is 7. The predicted molar refractivity (Wildman–Crippen MR) is 149 cm³/mol.